The van der Waals surface area contributed by atoms with E-state index in [0.29, 0.717) is 6.42 Å². The van der Waals surface area contributed by atoms with Crippen LogP contribution in [-0.2, 0) is 28.7 Å². The number of ketones is 1. The number of cyclic esters (lactones) is 1. The first-order chi connectivity index (χ1) is 17.7. The Morgan fingerprint density at radius 1 is 1.16 bits per heavy atom. The SMILES string of the molecule is CCC(=O)O[C@]1(C(=O)SC2CCOC2=O)CC[C@H]2[C@@H]3C[C@](C)(F)C4=CC(=O)C=C[C@]4(C)[C@@]3(F)[C@@H](O)C[C@@]21C. The second kappa shape index (κ2) is 8.71. The summed E-state index contributed by atoms with van der Waals surface area (Å²) >= 11 is 0.767. The quantitative estimate of drug-likeness (QED) is 0.523. The number of alkyl halides is 2. The highest BCUT2D eigenvalue weighted by Gasteiger charge is 2.77. The van der Waals surface area contributed by atoms with Crippen molar-refractivity contribution in [3.63, 3.8) is 0 Å². The minimum absolute atomic E-state index is 0.00144. The molecule has 3 saturated carbocycles. The monoisotopic (exact) mass is 552 g/mol. The van der Waals surface area contributed by atoms with Crippen LogP contribution in [0.4, 0.5) is 8.78 Å². The summed E-state index contributed by atoms with van der Waals surface area (Å²) in [6, 6.07) is 0. The molecular weight excluding hydrogens is 518 g/mol. The number of hydrogen-bond donors (Lipinski definition) is 1. The van der Waals surface area contributed by atoms with Crippen LogP contribution in [0.3, 0.4) is 0 Å². The van der Waals surface area contributed by atoms with E-state index in [1.165, 1.54) is 26.0 Å². The van der Waals surface area contributed by atoms with Crippen molar-refractivity contribution in [2.24, 2.45) is 22.7 Å². The van der Waals surface area contributed by atoms with E-state index in [0.717, 1.165) is 17.8 Å². The Morgan fingerprint density at radius 2 is 1.87 bits per heavy atom. The lowest BCUT2D eigenvalue weighted by molar-refractivity contribution is -0.231. The first-order valence-corrected chi connectivity index (χ1v) is 14.2. The Morgan fingerprint density at radius 3 is 2.50 bits per heavy atom. The van der Waals surface area contributed by atoms with E-state index >= 15 is 8.78 Å². The maximum absolute atomic E-state index is 17.5. The summed E-state index contributed by atoms with van der Waals surface area (Å²) in [5.74, 6) is -3.20. The van der Waals surface area contributed by atoms with Crippen molar-refractivity contribution in [3.8, 4) is 0 Å². The predicted octanol–water partition coefficient (Wildman–Crippen LogP) is 3.96. The number of halogens is 2. The fourth-order valence-electron chi connectivity index (χ4n) is 8.18. The Hall–Kier alpha value is -2.07. The molecule has 4 aliphatic carbocycles. The number of carbonyl (C=O) groups is 4. The maximum atomic E-state index is 17.5. The Balaban J connectivity index is 1.60. The largest absolute Gasteiger partial charge is 0.465 e. The topological polar surface area (TPSA) is 107 Å². The summed E-state index contributed by atoms with van der Waals surface area (Å²) in [6.45, 7) is 6.35. The molecule has 0 bridgehead atoms. The van der Waals surface area contributed by atoms with Crippen LogP contribution in [0, 0.1) is 22.7 Å². The highest BCUT2D eigenvalue weighted by atomic mass is 32.2. The smallest absolute Gasteiger partial charge is 0.319 e. The van der Waals surface area contributed by atoms with Gasteiger partial charge in [0.25, 0.3) is 0 Å². The Labute approximate surface area is 224 Å². The minimum atomic E-state index is -2.32. The fraction of sp³-hybridized carbons (Fsp3) is 0.714. The maximum Gasteiger partial charge on any atom is 0.319 e. The third-order valence-electron chi connectivity index (χ3n) is 10.1. The number of ether oxygens (including phenoxy) is 2. The molecule has 10 heteroatoms. The molecule has 4 fully saturated rings. The first kappa shape index (κ1) is 27.5. The molecule has 0 aromatic rings. The standard InChI is InChI=1S/C28H34F2O7S/c1-5-21(33)37-27(23(35)38-18-8-11-36-22(18)34)10-7-16-17-13-26(4,29)19-12-15(31)6-9-24(19,2)28(17,30)20(32)14-25(16,27)3/h6,9,12,16-18,20,32H,5,7-8,10-11,13-14H2,1-4H3/t16-,17-,18?,20-,24-,25-,26-,27-,28-/m0/s1. The van der Waals surface area contributed by atoms with Gasteiger partial charge in [0.15, 0.2) is 17.1 Å². The average molecular weight is 553 g/mol. The Kier molecular flexibility index (Phi) is 6.31. The van der Waals surface area contributed by atoms with Gasteiger partial charge in [0.1, 0.15) is 10.9 Å². The third-order valence-corrected chi connectivity index (χ3v) is 11.4. The van der Waals surface area contributed by atoms with Crippen LogP contribution in [0.1, 0.15) is 66.2 Å². The van der Waals surface area contributed by atoms with E-state index in [1.807, 2.05) is 0 Å². The zero-order chi connectivity index (χ0) is 27.9. The average Bonchev–Trinajstić information content (AvgIpc) is 3.38. The van der Waals surface area contributed by atoms with E-state index in [1.54, 1.807) is 13.8 Å². The molecule has 0 aromatic heterocycles. The van der Waals surface area contributed by atoms with Gasteiger partial charge < -0.3 is 14.6 Å². The van der Waals surface area contributed by atoms with Crippen molar-refractivity contribution >= 4 is 34.6 Å². The van der Waals surface area contributed by atoms with Gasteiger partial charge in [-0.3, -0.25) is 19.2 Å². The van der Waals surface area contributed by atoms with Gasteiger partial charge in [-0.2, -0.15) is 0 Å². The second-order valence-corrected chi connectivity index (χ2v) is 13.2. The van der Waals surface area contributed by atoms with Crippen molar-refractivity contribution in [1.29, 1.82) is 0 Å². The predicted molar refractivity (Wildman–Crippen MR) is 134 cm³/mol. The molecule has 0 amide bonds. The molecule has 38 heavy (non-hydrogen) atoms. The molecule has 1 aliphatic heterocycles. The van der Waals surface area contributed by atoms with Gasteiger partial charge in [0.05, 0.1) is 12.7 Å². The van der Waals surface area contributed by atoms with Crippen LogP contribution < -0.4 is 0 Å². The van der Waals surface area contributed by atoms with E-state index in [4.69, 9.17) is 9.47 Å². The molecule has 1 saturated heterocycles. The van der Waals surface area contributed by atoms with E-state index in [-0.39, 0.29) is 44.3 Å². The lowest BCUT2D eigenvalue weighted by Gasteiger charge is -2.64. The molecule has 1 unspecified atom stereocenters. The second-order valence-electron chi connectivity index (χ2n) is 12.1. The number of fused-ring (bicyclic) bond motifs is 5. The van der Waals surface area contributed by atoms with Crippen LogP contribution in [0.5, 0.6) is 0 Å². The highest BCUT2D eigenvalue weighted by molar-refractivity contribution is 8.14. The number of rotatable bonds is 4. The first-order valence-electron chi connectivity index (χ1n) is 13.3. The Bertz CT molecular complexity index is 1170. The summed E-state index contributed by atoms with van der Waals surface area (Å²) in [4.78, 5) is 50.9. The number of esters is 2. The van der Waals surface area contributed by atoms with E-state index in [9.17, 15) is 24.3 Å². The van der Waals surface area contributed by atoms with Crippen LogP contribution in [0.15, 0.2) is 23.8 Å². The van der Waals surface area contributed by atoms with Gasteiger partial charge in [0.2, 0.25) is 5.12 Å². The van der Waals surface area contributed by atoms with Crippen molar-refractivity contribution in [3.05, 3.63) is 23.8 Å². The summed E-state index contributed by atoms with van der Waals surface area (Å²) in [6.07, 6.45) is 2.26. The number of aliphatic hydroxyl groups excluding tert-OH is 1. The molecule has 208 valence electrons. The zero-order valence-electron chi connectivity index (χ0n) is 22.1. The molecule has 0 aromatic carbocycles. The van der Waals surface area contributed by atoms with Crippen molar-refractivity contribution in [1.82, 2.24) is 0 Å². The summed E-state index contributed by atoms with van der Waals surface area (Å²) in [5, 5.41) is 10.3. The molecule has 5 aliphatic rings. The molecule has 7 nitrogen and oxygen atoms in total. The molecular formula is C28H34F2O7S. The van der Waals surface area contributed by atoms with Gasteiger partial charge in [-0.15, -0.1) is 0 Å². The van der Waals surface area contributed by atoms with Crippen molar-refractivity contribution < 1.29 is 42.5 Å². The van der Waals surface area contributed by atoms with Crippen LogP contribution in [-0.4, -0.2) is 62.8 Å². The number of thioether (sulfide) groups is 1. The molecule has 0 radical (unpaired) electrons. The van der Waals surface area contributed by atoms with E-state index < -0.39 is 73.8 Å². The molecule has 9 atom stereocenters. The van der Waals surface area contributed by atoms with Gasteiger partial charge in [0, 0.05) is 29.6 Å². The highest BCUT2D eigenvalue weighted by Crippen LogP contribution is 2.72. The normalized spacial score (nSPS) is 47.5. The fourth-order valence-corrected chi connectivity index (χ4v) is 9.39. The van der Waals surface area contributed by atoms with Gasteiger partial charge in [-0.05, 0) is 63.2 Å². The number of allylic oxidation sites excluding steroid dienone is 4. The third kappa shape index (κ3) is 3.47. The van der Waals surface area contributed by atoms with Crippen LogP contribution in [0.2, 0.25) is 0 Å². The number of aliphatic hydroxyl groups is 1. The van der Waals surface area contributed by atoms with Gasteiger partial charge >= 0.3 is 11.9 Å². The summed E-state index contributed by atoms with van der Waals surface area (Å²) < 4.78 is 44.7. The molecule has 0 spiro atoms. The van der Waals surface area contributed by atoms with Crippen molar-refractivity contribution in [2.75, 3.05) is 6.61 Å². The molecule has 5 rings (SSSR count). The van der Waals surface area contributed by atoms with E-state index in [2.05, 4.69) is 0 Å². The summed E-state index contributed by atoms with van der Waals surface area (Å²) in [5.41, 5.74) is -8.86. The zero-order valence-corrected chi connectivity index (χ0v) is 22.9. The van der Waals surface area contributed by atoms with Crippen LogP contribution in [0.25, 0.3) is 0 Å². The van der Waals surface area contributed by atoms with Gasteiger partial charge in [-0.25, -0.2) is 8.78 Å². The molecule has 1 heterocycles. The summed E-state index contributed by atoms with van der Waals surface area (Å²) in [7, 11) is 0. The van der Waals surface area contributed by atoms with Crippen LogP contribution >= 0.6 is 11.8 Å². The minimum Gasteiger partial charge on any atom is -0.465 e. The number of hydrogen-bond acceptors (Lipinski definition) is 8. The van der Waals surface area contributed by atoms with Crippen molar-refractivity contribution in [2.45, 2.75) is 94.5 Å². The number of carbonyl (C=O) groups excluding carboxylic acids is 4. The lowest BCUT2D eigenvalue weighted by atomic mass is 9.43. The van der Waals surface area contributed by atoms with Gasteiger partial charge in [-0.1, -0.05) is 31.7 Å². The lowest BCUT2D eigenvalue weighted by Crippen LogP contribution is -2.71. The molecule has 1 N–H and O–H groups in total.